The van der Waals surface area contributed by atoms with Crippen LogP contribution in [0.15, 0.2) is 30.7 Å². The Balaban J connectivity index is 1.87. The van der Waals surface area contributed by atoms with Crippen LogP contribution in [0.2, 0.25) is 0 Å². The number of nitrogens with one attached hydrogen (secondary N) is 1. The van der Waals surface area contributed by atoms with Crippen molar-refractivity contribution in [3.63, 3.8) is 0 Å². The highest BCUT2D eigenvalue weighted by Crippen LogP contribution is 2.10. The van der Waals surface area contributed by atoms with Crippen LogP contribution in [-0.4, -0.2) is 39.3 Å². The largest absolute Gasteiger partial charge is 0.327 e. The second kappa shape index (κ2) is 6.14. The number of halogens is 1. The Hall–Kier alpha value is -2.44. The number of pyridine rings is 1. The number of aryl methyl sites for hydroxylation is 1. The second-order valence-electron chi connectivity index (χ2n) is 4.47. The van der Waals surface area contributed by atoms with Gasteiger partial charge in [-0.15, -0.1) is 0 Å². The molecule has 7 heteroatoms. The van der Waals surface area contributed by atoms with Crippen LogP contribution in [0.25, 0.3) is 0 Å². The van der Waals surface area contributed by atoms with E-state index in [4.69, 9.17) is 0 Å². The predicted octanol–water partition coefficient (Wildman–Crippen LogP) is 1.66. The number of aromatic nitrogens is 3. The molecule has 2 amide bonds. The lowest BCUT2D eigenvalue weighted by molar-refractivity contribution is 0.223. The van der Waals surface area contributed by atoms with Crippen molar-refractivity contribution >= 4 is 11.7 Å². The molecule has 1 N–H and O–H groups in total. The number of amides is 2. The summed E-state index contributed by atoms with van der Waals surface area (Å²) in [5.41, 5.74) is 1.12. The molecular weight excluding hydrogens is 261 g/mol. The molecular formula is C13H16FN5O. The van der Waals surface area contributed by atoms with Gasteiger partial charge < -0.3 is 10.2 Å². The number of likely N-dealkylation sites (N-methyl/N-ethyl adjacent to an activating group) is 1. The first kappa shape index (κ1) is 14.0. The SMILES string of the molecule is CN(CCc1cnn(C)c1)C(=O)Nc1cccnc1F. The lowest BCUT2D eigenvalue weighted by atomic mass is 10.2. The number of rotatable bonds is 4. The first-order valence-electron chi connectivity index (χ1n) is 6.16. The lowest BCUT2D eigenvalue weighted by Gasteiger charge is -2.17. The maximum Gasteiger partial charge on any atom is 0.321 e. The quantitative estimate of drug-likeness (QED) is 0.864. The van der Waals surface area contributed by atoms with E-state index in [1.54, 1.807) is 24.0 Å². The molecule has 0 spiro atoms. The third-order valence-electron chi connectivity index (χ3n) is 2.84. The molecule has 106 valence electrons. The second-order valence-corrected chi connectivity index (χ2v) is 4.47. The summed E-state index contributed by atoms with van der Waals surface area (Å²) in [6, 6.07) is 2.66. The van der Waals surface area contributed by atoms with Crippen molar-refractivity contribution in [2.45, 2.75) is 6.42 Å². The van der Waals surface area contributed by atoms with Crippen molar-refractivity contribution in [2.24, 2.45) is 7.05 Å². The normalized spacial score (nSPS) is 10.3. The van der Waals surface area contributed by atoms with Gasteiger partial charge in [-0.2, -0.15) is 9.49 Å². The van der Waals surface area contributed by atoms with E-state index >= 15 is 0 Å². The van der Waals surface area contributed by atoms with Gasteiger partial charge in [0.25, 0.3) is 0 Å². The highest BCUT2D eigenvalue weighted by Gasteiger charge is 2.11. The average molecular weight is 277 g/mol. The third-order valence-corrected chi connectivity index (χ3v) is 2.84. The molecule has 2 aromatic heterocycles. The monoisotopic (exact) mass is 277 g/mol. The highest BCUT2D eigenvalue weighted by molar-refractivity contribution is 5.89. The fourth-order valence-corrected chi connectivity index (χ4v) is 1.69. The molecule has 0 aliphatic carbocycles. The molecule has 0 saturated carbocycles. The first-order valence-corrected chi connectivity index (χ1v) is 6.16. The van der Waals surface area contributed by atoms with E-state index in [2.05, 4.69) is 15.4 Å². The Morgan fingerprint density at radius 3 is 3.00 bits per heavy atom. The Kier molecular flexibility index (Phi) is 4.29. The summed E-state index contributed by atoms with van der Waals surface area (Å²) in [4.78, 5) is 16.9. The predicted molar refractivity (Wildman–Crippen MR) is 72.8 cm³/mol. The van der Waals surface area contributed by atoms with Gasteiger partial charge in [0.15, 0.2) is 0 Å². The molecule has 0 aliphatic heterocycles. The van der Waals surface area contributed by atoms with Crippen LogP contribution < -0.4 is 5.32 Å². The Morgan fingerprint density at radius 1 is 1.55 bits per heavy atom. The molecule has 0 atom stereocenters. The molecule has 6 nitrogen and oxygen atoms in total. The maximum atomic E-state index is 13.3. The molecule has 0 fully saturated rings. The molecule has 0 unspecified atom stereocenters. The van der Waals surface area contributed by atoms with Crippen LogP contribution >= 0.6 is 0 Å². The van der Waals surface area contributed by atoms with E-state index in [1.807, 2.05) is 13.2 Å². The third kappa shape index (κ3) is 3.53. The summed E-state index contributed by atoms with van der Waals surface area (Å²) in [5, 5.41) is 6.54. The average Bonchev–Trinajstić information content (AvgIpc) is 2.84. The van der Waals surface area contributed by atoms with Gasteiger partial charge in [0.1, 0.15) is 0 Å². The van der Waals surface area contributed by atoms with Crippen LogP contribution in [0.4, 0.5) is 14.9 Å². The van der Waals surface area contributed by atoms with Crippen molar-refractivity contribution in [3.8, 4) is 0 Å². The van der Waals surface area contributed by atoms with Gasteiger partial charge in [-0.1, -0.05) is 0 Å². The van der Waals surface area contributed by atoms with Gasteiger partial charge in [-0.05, 0) is 24.1 Å². The molecule has 0 radical (unpaired) electrons. The molecule has 0 bridgehead atoms. The number of nitrogens with zero attached hydrogens (tertiary/aromatic N) is 4. The summed E-state index contributed by atoms with van der Waals surface area (Å²) in [7, 11) is 3.49. The highest BCUT2D eigenvalue weighted by atomic mass is 19.1. The molecule has 0 aliphatic rings. The minimum absolute atomic E-state index is 0.0747. The number of hydrogen-bond donors (Lipinski definition) is 1. The maximum absolute atomic E-state index is 13.3. The summed E-state index contributed by atoms with van der Waals surface area (Å²) < 4.78 is 15.0. The van der Waals surface area contributed by atoms with Crippen LogP contribution in [-0.2, 0) is 13.5 Å². The Labute approximate surface area is 116 Å². The van der Waals surface area contributed by atoms with Crippen molar-refractivity contribution in [3.05, 3.63) is 42.2 Å². The van der Waals surface area contributed by atoms with Gasteiger partial charge >= 0.3 is 6.03 Å². The van der Waals surface area contributed by atoms with E-state index in [0.717, 1.165) is 5.56 Å². The Bertz CT molecular complexity index is 598. The van der Waals surface area contributed by atoms with E-state index < -0.39 is 5.95 Å². The summed E-state index contributed by atoms with van der Waals surface area (Å²) in [5.74, 6) is -0.693. The van der Waals surface area contributed by atoms with Crippen LogP contribution in [0.5, 0.6) is 0 Å². The number of hydrogen-bond acceptors (Lipinski definition) is 3. The number of anilines is 1. The van der Waals surface area contributed by atoms with Crippen LogP contribution in [0.3, 0.4) is 0 Å². The fraction of sp³-hybridized carbons (Fsp3) is 0.308. The molecule has 20 heavy (non-hydrogen) atoms. The Morgan fingerprint density at radius 2 is 2.35 bits per heavy atom. The van der Waals surface area contributed by atoms with Gasteiger partial charge in [-0.3, -0.25) is 4.68 Å². The van der Waals surface area contributed by atoms with Crippen molar-refractivity contribution in [1.82, 2.24) is 19.7 Å². The van der Waals surface area contributed by atoms with Crippen LogP contribution in [0.1, 0.15) is 5.56 Å². The van der Waals surface area contributed by atoms with Gasteiger partial charge in [0.2, 0.25) is 5.95 Å². The summed E-state index contributed by atoms with van der Waals surface area (Å²) in [6.07, 6.45) is 5.67. The molecule has 2 heterocycles. The standard InChI is InChI=1S/C13H16FN5O/c1-18(7-5-10-8-16-19(2)9-10)13(20)17-11-4-3-6-15-12(11)14/h3-4,6,8-9H,5,7H2,1-2H3,(H,17,20). The van der Waals surface area contributed by atoms with Gasteiger partial charge in [0, 0.05) is 33.0 Å². The zero-order valence-corrected chi connectivity index (χ0v) is 11.4. The van der Waals surface area contributed by atoms with E-state index in [0.29, 0.717) is 13.0 Å². The first-order chi connectivity index (χ1) is 9.56. The van der Waals surface area contributed by atoms with E-state index in [-0.39, 0.29) is 11.7 Å². The van der Waals surface area contributed by atoms with Gasteiger partial charge in [0.05, 0.1) is 11.9 Å². The topological polar surface area (TPSA) is 63.1 Å². The zero-order valence-electron chi connectivity index (χ0n) is 11.4. The minimum Gasteiger partial charge on any atom is -0.327 e. The van der Waals surface area contributed by atoms with Crippen molar-refractivity contribution in [1.29, 1.82) is 0 Å². The minimum atomic E-state index is -0.693. The molecule has 0 saturated heterocycles. The number of carbonyl (C=O) groups is 1. The molecule has 2 rings (SSSR count). The zero-order chi connectivity index (χ0) is 14.5. The lowest BCUT2D eigenvalue weighted by Crippen LogP contribution is -2.33. The molecule has 2 aromatic rings. The van der Waals surface area contributed by atoms with Gasteiger partial charge in [-0.25, -0.2) is 9.78 Å². The number of carbonyl (C=O) groups excluding carboxylic acids is 1. The summed E-state index contributed by atoms with van der Waals surface area (Å²) >= 11 is 0. The fourth-order valence-electron chi connectivity index (χ4n) is 1.69. The van der Waals surface area contributed by atoms with Crippen molar-refractivity contribution in [2.75, 3.05) is 18.9 Å². The van der Waals surface area contributed by atoms with Crippen molar-refractivity contribution < 1.29 is 9.18 Å². The van der Waals surface area contributed by atoms with E-state index in [9.17, 15) is 9.18 Å². The molecule has 0 aromatic carbocycles. The number of urea groups is 1. The van der Waals surface area contributed by atoms with E-state index in [1.165, 1.54) is 17.2 Å². The smallest absolute Gasteiger partial charge is 0.321 e. The summed E-state index contributed by atoms with van der Waals surface area (Å²) in [6.45, 7) is 0.513. The van der Waals surface area contributed by atoms with Crippen LogP contribution in [0, 0.1) is 5.95 Å².